The molecule has 0 radical (unpaired) electrons. The molecule has 1 aromatic carbocycles. The number of nitrogens with one attached hydrogen (secondary N) is 1. The molecule has 1 atom stereocenters. The van der Waals surface area contributed by atoms with E-state index in [2.05, 4.69) is 9.71 Å². The summed E-state index contributed by atoms with van der Waals surface area (Å²) in [5, 5.41) is -0.530. The second-order valence-corrected chi connectivity index (χ2v) is 7.15. The van der Waals surface area contributed by atoms with Crippen LogP contribution in [0.1, 0.15) is 18.1 Å². The maximum absolute atomic E-state index is 13.7. The van der Waals surface area contributed by atoms with Gasteiger partial charge in [0.25, 0.3) is 0 Å². The van der Waals surface area contributed by atoms with Crippen LogP contribution in [0.3, 0.4) is 0 Å². The first-order chi connectivity index (χ1) is 9.69. The van der Waals surface area contributed by atoms with Gasteiger partial charge in [-0.1, -0.05) is 0 Å². The lowest BCUT2D eigenvalue weighted by atomic mass is 10.3. The van der Waals surface area contributed by atoms with Crippen LogP contribution in [0, 0.1) is 11.6 Å². The van der Waals surface area contributed by atoms with Gasteiger partial charge >= 0.3 is 0 Å². The van der Waals surface area contributed by atoms with Crippen molar-refractivity contribution in [1.29, 1.82) is 0 Å². The fourth-order valence-electron chi connectivity index (χ4n) is 2.05. The summed E-state index contributed by atoms with van der Waals surface area (Å²) in [6.45, 7) is 1.88. The van der Waals surface area contributed by atoms with Crippen molar-refractivity contribution >= 4 is 32.7 Å². The van der Waals surface area contributed by atoms with Gasteiger partial charge in [0.2, 0.25) is 10.0 Å². The Balaban J connectivity index is 2.46. The van der Waals surface area contributed by atoms with Crippen molar-refractivity contribution in [1.82, 2.24) is 14.3 Å². The Morgan fingerprint density at radius 1 is 1.43 bits per heavy atom. The van der Waals surface area contributed by atoms with E-state index in [-0.39, 0.29) is 24.1 Å². The fourth-order valence-corrected chi connectivity index (χ4v) is 2.68. The molecule has 2 aromatic rings. The third-order valence-corrected chi connectivity index (χ3v) is 3.78. The zero-order valence-electron chi connectivity index (χ0n) is 11.4. The summed E-state index contributed by atoms with van der Waals surface area (Å²) < 4.78 is 53.1. The largest absolute Gasteiger partial charge is 0.325 e. The zero-order valence-corrected chi connectivity index (χ0v) is 13.0. The first-order valence-corrected chi connectivity index (χ1v) is 8.45. The Kier molecular flexibility index (Phi) is 4.50. The van der Waals surface area contributed by atoms with Crippen LogP contribution in [0.25, 0.3) is 11.0 Å². The molecular formula is C12H14ClF2N3O2S. The summed E-state index contributed by atoms with van der Waals surface area (Å²) in [7, 11) is -3.34. The Labute approximate surface area is 126 Å². The molecule has 0 aliphatic rings. The number of rotatable bonds is 5. The number of imidazole rings is 1. The number of halogens is 3. The Bertz CT molecular complexity index is 774. The van der Waals surface area contributed by atoms with E-state index >= 15 is 0 Å². The van der Waals surface area contributed by atoms with E-state index in [1.54, 1.807) is 6.92 Å². The highest BCUT2D eigenvalue weighted by molar-refractivity contribution is 7.88. The van der Waals surface area contributed by atoms with Crippen molar-refractivity contribution in [2.75, 3.05) is 12.8 Å². The van der Waals surface area contributed by atoms with Crippen LogP contribution < -0.4 is 4.72 Å². The van der Waals surface area contributed by atoms with E-state index in [4.69, 9.17) is 11.6 Å². The molecule has 0 saturated carbocycles. The van der Waals surface area contributed by atoms with Gasteiger partial charge in [-0.25, -0.2) is 26.9 Å². The molecule has 116 valence electrons. The molecule has 1 N–H and O–H groups in total. The summed E-state index contributed by atoms with van der Waals surface area (Å²) in [6.07, 6.45) is 1.03. The molecule has 5 nitrogen and oxygen atoms in total. The number of benzene rings is 1. The molecule has 0 fully saturated rings. The van der Waals surface area contributed by atoms with Crippen LogP contribution in [0.2, 0.25) is 0 Å². The topological polar surface area (TPSA) is 64.0 Å². The molecule has 0 amide bonds. The van der Waals surface area contributed by atoms with Crippen LogP contribution in [0.5, 0.6) is 0 Å². The molecular weight excluding hydrogens is 324 g/mol. The number of hydrogen-bond acceptors (Lipinski definition) is 3. The van der Waals surface area contributed by atoms with Gasteiger partial charge in [0.15, 0.2) is 5.82 Å². The number of hydrogen-bond donors (Lipinski definition) is 1. The van der Waals surface area contributed by atoms with Crippen molar-refractivity contribution in [2.45, 2.75) is 18.8 Å². The molecule has 1 heterocycles. The third kappa shape index (κ3) is 3.69. The van der Waals surface area contributed by atoms with Gasteiger partial charge in [0, 0.05) is 19.2 Å². The highest BCUT2D eigenvalue weighted by Crippen LogP contribution is 2.26. The number of aromatic nitrogens is 2. The minimum Gasteiger partial charge on any atom is -0.325 e. The van der Waals surface area contributed by atoms with Gasteiger partial charge in [-0.15, -0.1) is 11.6 Å². The lowest BCUT2D eigenvalue weighted by Crippen LogP contribution is -2.26. The Hall–Kier alpha value is -1.25. The van der Waals surface area contributed by atoms with Crippen molar-refractivity contribution in [2.24, 2.45) is 0 Å². The van der Waals surface area contributed by atoms with Gasteiger partial charge in [-0.2, -0.15) is 0 Å². The van der Waals surface area contributed by atoms with Crippen LogP contribution in [-0.4, -0.2) is 30.8 Å². The number of nitrogens with zero attached hydrogens (tertiary/aromatic N) is 2. The molecule has 0 saturated heterocycles. The van der Waals surface area contributed by atoms with Crippen LogP contribution >= 0.6 is 11.6 Å². The van der Waals surface area contributed by atoms with Gasteiger partial charge in [-0.3, -0.25) is 0 Å². The predicted octanol–water partition coefficient (Wildman–Crippen LogP) is 2.16. The summed E-state index contributed by atoms with van der Waals surface area (Å²) in [5.74, 6) is -1.16. The second kappa shape index (κ2) is 5.86. The van der Waals surface area contributed by atoms with E-state index < -0.39 is 27.0 Å². The van der Waals surface area contributed by atoms with Crippen LogP contribution in [-0.2, 0) is 16.6 Å². The average Bonchev–Trinajstić information content (AvgIpc) is 2.67. The standard InChI is InChI=1S/C12H14ClF2N3O2S/c1-7(13)12-17-11-9(15)5-8(14)6-10(11)18(12)4-3-16-21(2,19)20/h5-7,16H,3-4H2,1-2H3. The minimum absolute atomic E-state index is 0.0123. The first-order valence-electron chi connectivity index (χ1n) is 6.13. The lowest BCUT2D eigenvalue weighted by Gasteiger charge is -2.10. The highest BCUT2D eigenvalue weighted by atomic mass is 35.5. The average molecular weight is 338 g/mol. The molecule has 0 bridgehead atoms. The Morgan fingerprint density at radius 3 is 2.67 bits per heavy atom. The number of sulfonamides is 1. The van der Waals surface area contributed by atoms with Gasteiger partial charge in [0.1, 0.15) is 17.2 Å². The van der Waals surface area contributed by atoms with Crippen LogP contribution in [0.4, 0.5) is 8.78 Å². The van der Waals surface area contributed by atoms with E-state index in [0.29, 0.717) is 5.82 Å². The highest BCUT2D eigenvalue weighted by Gasteiger charge is 2.18. The Morgan fingerprint density at radius 2 is 2.10 bits per heavy atom. The quantitative estimate of drug-likeness (QED) is 0.850. The monoisotopic (exact) mass is 337 g/mol. The third-order valence-electron chi connectivity index (χ3n) is 2.86. The van der Waals surface area contributed by atoms with E-state index in [1.165, 1.54) is 4.57 Å². The molecule has 21 heavy (non-hydrogen) atoms. The molecule has 1 unspecified atom stereocenters. The first kappa shape index (κ1) is 16.1. The van der Waals surface area contributed by atoms with E-state index in [1.807, 2.05) is 0 Å². The zero-order chi connectivity index (χ0) is 15.8. The maximum atomic E-state index is 13.7. The van der Waals surface area contributed by atoms with Gasteiger partial charge in [-0.05, 0) is 13.0 Å². The molecule has 0 aliphatic carbocycles. The predicted molar refractivity (Wildman–Crippen MR) is 76.8 cm³/mol. The summed E-state index contributed by atoms with van der Waals surface area (Å²) >= 11 is 6.00. The van der Waals surface area contributed by atoms with Crippen molar-refractivity contribution in [3.8, 4) is 0 Å². The van der Waals surface area contributed by atoms with Crippen molar-refractivity contribution in [3.63, 3.8) is 0 Å². The molecule has 9 heteroatoms. The molecule has 0 aliphatic heterocycles. The maximum Gasteiger partial charge on any atom is 0.208 e. The number of alkyl halides is 1. The SMILES string of the molecule is CC(Cl)c1nc2c(F)cc(F)cc2n1CCNS(C)(=O)=O. The van der Waals surface area contributed by atoms with Crippen LogP contribution in [0.15, 0.2) is 12.1 Å². The second-order valence-electron chi connectivity index (χ2n) is 4.66. The lowest BCUT2D eigenvalue weighted by molar-refractivity contribution is 0.575. The van der Waals surface area contributed by atoms with Gasteiger partial charge < -0.3 is 4.57 Å². The van der Waals surface area contributed by atoms with E-state index in [0.717, 1.165) is 18.4 Å². The van der Waals surface area contributed by atoms with E-state index in [9.17, 15) is 17.2 Å². The molecule has 1 aromatic heterocycles. The molecule has 2 rings (SSSR count). The smallest absolute Gasteiger partial charge is 0.208 e. The summed E-state index contributed by atoms with van der Waals surface area (Å²) in [4.78, 5) is 4.08. The number of fused-ring (bicyclic) bond motifs is 1. The normalized spacial score (nSPS) is 13.8. The summed E-state index contributed by atoms with van der Waals surface area (Å²) in [6, 6.07) is 1.89. The van der Waals surface area contributed by atoms with Crippen molar-refractivity contribution in [3.05, 3.63) is 29.6 Å². The fraction of sp³-hybridized carbons (Fsp3) is 0.417. The van der Waals surface area contributed by atoms with Crippen molar-refractivity contribution < 1.29 is 17.2 Å². The van der Waals surface area contributed by atoms with Gasteiger partial charge in [0.05, 0.1) is 17.1 Å². The minimum atomic E-state index is -3.34. The molecule has 0 spiro atoms. The summed E-state index contributed by atoms with van der Waals surface area (Å²) in [5.41, 5.74) is 0.253.